The number of hydrogen-bond donors (Lipinski definition) is 2. The summed E-state index contributed by atoms with van der Waals surface area (Å²) in [4.78, 5) is 8.90. The van der Waals surface area contributed by atoms with E-state index in [0.29, 0.717) is 6.54 Å². The number of aliphatic carboxylic acids is 1. The van der Waals surface area contributed by atoms with Gasteiger partial charge in [-0.15, -0.1) is 0 Å². The van der Waals surface area contributed by atoms with Crippen LogP contribution in [0.4, 0.5) is 26.3 Å². The van der Waals surface area contributed by atoms with Gasteiger partial charge in [0.05, 0.1) is 0 Å². The van der Waals surface area contributed by atoms with Crippen LogP contribution in [-0.2, 0) is 17.9 Å². The van der Waals surface area contributed by atoms with Crippen molar-refractivity contribution in [3.63, 3.8) is 0 Å². The number of benzene rings is 1. The second-order valence-corrected chi connectivity index (χ2v) is 4.24. The van der Waals surface area contributed by atoms with E-state index in [9.17, 15) is 26.3 Å². The third-order valence-corrected chi connectivity index (χ3v) is 2.45. The van der Waals surface area contributed by atoms with Crippen LogP contribution in [0.2, 0.25) is 0 Å². The first kappa shape index (κ1) is 18.1. The van der Waals surface area contributed by atoms with E-state index in [1.165, 1.54) is 0 Å². The molecule has 0 atom stereocenters. The van der Waals surface area contributed by atoms with E-state index in [2.05, 4.69) is 10.1 Å². The predicted molar refractivity (Wildman–Crippen MR) is 62.2 cm³/mol. The van der Waals surface area contributed by atoms with E-state index in [1.54, 1.807) is 18.2 Å². The van der Waals surface area contributed by atoms with Crippen molar-refractivity contribution < 1.29 is 41.0 Å². The van der Waals surface area contributed by atoms with E-state index in [-0.39, 0.29) is 5.75 Å². The topological polar surface area (TPSA) is 58.6 Å². The van der Waals surface area contributed by atoms with E-state index in [0.717, 1.165) is 17.7 Å². The van der Waals surface area contributed by atoms with Gasteiger partial charge in [0.25, 0.3) is 0 Å². The van der Waals surface area contributed by atoms with Gasteiger partial charge in [0.1, 0.15) is 5.75 Å². The van der Waals surface area contributed by atoms with Gasteiger partial charge in [0.2, 0.25) is 0 Å². The number of carboxylic acid groups (broad SMARTS) is 1. The fourth-order valence-electron chi connectivity index (χ4n) is 1.53. The highest BCUT2D eigenvalue weighted by molar-refractivity contribution is 5.73. The summed E-state index contributed by atoms with van der Waals surface area (Å²) in [5.74, 6) is -2.48. The molecule has 1 aliphatic heterocycles. The van der Waals surface area contributed by atoms with Crippen molar-refractivity contribution in [1.82, 2.24) is 5.32 Å². The number of rotatable bonds is 2. The minimum atomic E-state index is -5.08. The zero-order chi connectivity index (χ0) is 17.0. The van der Waals surface area contributed by atoms with Crippen LogP contribution in [0.15, 0.2) is 18.2 Å². The highest BCUT2D eigenvalue weighted by Crippen LogP contribution is 2.23. The molecule has 0 amide bonds. The Kier molecular flexibility index (Phi) is 5.64. The first-order valence-electron chi connectivity index (χ1n) is 5.81. The van der Waals surface area contributed by atoms with Gasteiger partial charge >= 0.3 is 18.3 Å². The lowest BCUT2D eigenvalue weighted by Crippen LogP contribution is -2.21. The quantitative estimate of drug-likeness (QED) is 0.818. The smallest absolute Gasteiger partial charge is 0.484 e. The van der Waals surface area contributed by atoms with Crippen LogP contribution in [0.3, 0.4) is 0 Å². The average molecular weight is 331 g/mol. The summed E-state index contributed by atoms with van der Waals surface area (Å²) in [5.41, 5.74) is 2.13. The van der Waals surface area contributed by atoms with Gasteiger partial charge in [-0.05, 0) is 23.3 Å². The summed E-state index contributed by atoms with van der Waals surface area (Å²) in [6.45, 7) is 0.229. The lowest BCUT2D eigenvalue weighted by Gasteiger charge is -2.09. The van der Waals surface area contributed by atoms with E-state index >= 15 is 0 Å². The van der Waals surface area contributed by atoms with Crippen molar-refractivity contribution >= 4 is 5.97 Å². The number of carbonyl (C=O) groups is 1. The third-order valence-electron chi connectivity index (χ3n) is 2.45. The molecule has 4 nitrogen and oxygen atoms in total. The van der Waals surface area contributed by atoms with Crippen molar-refractivity contribution in [2.24, 2.45) is 0 Å². The molecule has 124 valence electrons. The molecule has 0 unspecified atom stereocenters. The minimum absolute atomic E-state index is 0.273. The average Bonchev–Trinajstić information content (AvgIpc) is 2.82. The van der Waals surface area contributed by atoms with Gasteiger partial charge in [-0.1, -0.05) is 6.07 Å². The summed E-state index contributed by atoms with van der Waals surface area (Å²) in [6, 6.07) is 5.01. The second-order valence-electron chi connectivity index (χ2n) is 4.24. The molecule has 0 saturated carbocycles. The summed E-state index contributed by atoms with van der Waals surface area (Å²) in [6.07, 6.45) is -9.36. The first-order valence-corrected chi connectivity index (χ1v) is 5.81. The maximum Gasteiger partial charge on any atom is 0.490 e. The molecule has 0 aromatic heterocycles. The second kappa shape index (κ2) is 6.86. The van der Waals surface area contributed by atoms with Crippen molar-refractivity contribution in [2.45, 2.75) is 25.4 Å². The maximum atomic E-state index is 11.9. The highest BCUT2D eigenvalue weighted by Gasteiger charge is 2.38. The van der Waals surface area contributed by atoms with Gasteiger partial charge in [0.15, 0.2) is 6.61 Å². The Morgan fingerprint density at radius 1 is 1.14 bits per heavy atom. The zero-order valence-corrected chi connectivity index (χ0v) is 10.9. The molecule has 1 aliphatic rings. The van der Waals surface area contributed by atoms with Crippen molar-refractivity contribution in [2.75, 3.05) is 6.61 Å². The maximum absolute atomic E-state index is 11.9. The molecule has 10 heteroatoms. The van der Waals surface area contributed by atoms with Gasteiger partial charge in [0, 0.05) is 13.1 Å². The largest absolute Gasteiger partial charge is 0.490 e. The van der Waals surface area contributed by atoms with Crippen molar-refractivity contribution in [3.8, 4) is 5.75 Å². The van der Waals surface area contributed by atoms with Crippen LogP contribution in [0.25, 0.3) is 0 Å². The van der Waals surface area contributed by atoms with Crippen LogP contribution in [-0.4, -0.2) is 30.0 Å². The molecule has 0 bridgehead atoms. The fourth-order valence-corrected chi connectivity index (χ4v) is 1.53. The predicted octanol–water partition coefficient (Wildman–Crippen LogP) is 2.86. The summed E-state index contributed by atoms with van der Waals surface area (Å²) in [7, 11) is 0. The number of nitrogens with one attached hydrogen (secondary N) is 1. The molecule has 22 heavy (non-hydrogen) atoms. The SMILES string of the molecule is FC(F)(F)COc1ccc2c(c1)CNC2.O=C(O)C(F)(F)F. The first-order chi connectivity index (χ1) is 9.99. The van der Waals surface area contributed by atoms with E-state index in [1.807, 2.05) is 0 Å². The van der Waals surface area contributed by atoms with Gasteiger partial charge in [-0.2, -0.15) is 26.3 Å². The van der Waals surface area contributed by atoms with Crippen LogP contribution < -0.4 is 10.1 Å². The molecule has 2 rings (SSSR count). The molecule has 0 fully saturated rings. The summed E-state index contributed by atoms with van der Waals surface area (Å²) >= 11 is 0. The number of carboxylic acids is 1. The van der Waals surface area contributed by atoms with E-state index in [4.69, 9.17) is 9.90 Å². The Balaban J connectivity index is 0.000000295. The molecule has 0 saturated heterocycles. The van der Waals surface area contributed by atoms with Crippen LogP contribution in [0.1, 0.15) is 11.1 Å². The van der Waals surface area contributed by atoms with Crippen LogP contribution >= 0.6 is 0 Å². The fraction of sp³-hybridized carbons (Fsp3) is 0.417. The Morgan fingerprint density at radius 2 is 1.68 bits per heavy atom. The number of ether oxygens (including phenoxy) is 1. The van der Waals surface area contributed by atoms with Gasteiger partial charge < -0.3 is 15.2 Å². The lowest BCUT2D eigenvalue weighted by atomic mass is 10.1. The summed E-state index contributed by atoms with van der Waals surface area (Å²) < 4.78 is 72.0. The highest BCUT2D eigenvalue weighted by atomic mass is 19.4. The minimum Gasteiger partial charge on any atom is -0.484 e. The number of alkyl halides is 6. The number of hydrogen-bond acceptors (Lipinski definition) is 3. The number of fused-ring (bicyclic) bond motifs is 1. The normalized spacial score (nSPS) is 13.9. The molecule has 0 radical (unpaired) electrons. The molecular weight excluding hydrogens is 320 g/mol. The Bertz CT molecular complexity index is 527. The Hall–Kier alpha value is -1.97. The molecule has 2 N–H and O–H groups in total. The van der Waals surface area contributed by atoms with Crippen molar-refractivity contribution in [3.05, 3.63) is 29.3 Å². The van der Waals surface area contributed by atoms with Gasteiger partial charge in [-0.3, -0.25) is 0 Å². The van der Waals surface area contributed by atoms with Crippen LogP contribution in [0.5, 0.6) is 5.75 Å². The molecule has 0 spiro atoms. The third kappa shape index (κ3) is 6.20. The Labute approximate surface area is 120 Å². The van der Waals surface area contributed by atoms with Crippen LogP contribution in [0, 0.1) is 0 Å². The summed E-state index contributed by atoms with van der Waals surface area (Å²) in [5, 5.41) is 10.2. The van der Waals surface area contributed by atoms with Crippen molar-refractivity contribution in [1.29, 1.82) is 0 Å². The zero-order valence-electron chi connectivity index (χ0n) is 10.9. The Morgan fingerprint density at radius 3 is 2.18 bits per heavy atom. The molecular formula is C12H11F6NO3. The molecule has 0 aliphatic carbocycles. The standard InChI is InChI=1S/C10H10F3NO.C2HF3O2/c11-10(12,13)6-15-9-2-1-7-4-14-5-8(7)3-9;3-2(4,5)1(6)7/h1-3,14H,4-6H2;(H,6,7). The molecule has 1 heterocycles. The molecule has 1 aromatic rings. The lowest BCUT2D eigenvalue weighted by molar-refractivity contribution is -0.192. The monoisotopic (exact) mass is 331 g/mol. The van der Waals surface area contributed by atoms with E-state index < -0.39 is 24.9 Å². The molecule has 1 aromatic carbocycles. The number of halogens is 6. The van der Waals surface area contributed by atoms with Gasteiger partial charge in [-0.25, -0.2) is 4.79 Å².